The number of hydrogen-bond donors (Lipinski definition) is 1. The van der Waals surface area contributed by atoms with Gasteiger partial charge in [-0.1, -0.05) is 25.5 Å². The molecule has 1 aliphatic heterocycles. The number of hydrogen-bond acceptors (Lipinski definition) is 6. The van der Waals surface area contributed by atoms with Crippen LogP contribution in [0.2, 0.25) is 0 Å². The Morgan fingerprint density at radius 2 is 1.94 bits per heavy atom. The first-order valence-electron chi connectivity index (χ1n) is 10.8. The number of halogens is 1. The summed E-state index contributed by atoms with van der Waals surface area (Å²) >= 11 is 1.34. The summed E-state index contributed by atoms with van der Waals surface area (Å²) in [6.07, 6.45) is 4.29. The first-order valence-corrected chi connectivity index (χ1v) is 11.6. The third kappa shape index (κ3) is 6.72. The number of rotatable bonds is 10. The van der Waals surface area contributed by atoms with Gasteiger partial charge in [0.05, 0.1) is 0 Å². The van der Waals surface area contributed by atoms with Gasteiger partial charge in [-0.25, -0.2) is 9.37 Å². The second kappa shape index (κ2) is 11.2. The molecule has 1 aromatic heterocycles. The van der Waals surface area contributed by atoms with Gasteiger partial charge in [-0.15, -0.1) is 0 Å². The van der Waals surface area contributed by atoms with E-state index in [1.807, 2.05) is 4.90 Å². The van der Waals surface area contributed by atoms with E-state index in [4.69, 9.17) is 5.73 Å². The van der Waals surface area contributed by atoms with E-state index in [2.05, 4.69) is 21.2 Å². The Balaban J connectivity index is 1.56. The van der Waals surface area contributed by atoms with Gasteiger partial charge in [0.1, 0.15) is 11.6 Å². The molecule has 31 heavy (non-hydrogen) atoms. The zero-order valence-corrected chi connectivity index (χ0v) is 18.7. The second-order valence-corrected chi connectivity index (χ2v) is 8.67. The summed E-state index contributed by atoms with van der Waals surface area (Å²) in [6.45, 7) is 4.70. The minimum atomic E-state index is -0.273. The molecule has 0 radical (unpaired) electrons. The first kappa shape index (κ1) is 23.1. The van der Waals surface area contributed by atoms with E-state index in [0.29, 0.717) is 51.1 Å². The fraction of sp³-hybridized carbons (Fsp3) is 0.545. The molecule has 0 aliphatic carbocycles. The van der Waals surface area contributed by atoms with Crippen LogP contribution in [-0.4, -0.2) is 52.3 Å². The Hall–Kier alpha value is -2.55. The maximum absolute atomic E-state index is 13.1. The monoisotopic (exact) mass is 447 g/mol. The number of aromatic nitrogens is 2. The van der Waals surface area contributed by atoms with Crippen LogP contribution in [0.4, 0.5) is 9.52 Å². The topological polar surface area (TPSA) is 92.4 Å². The van der Waals surface area contributed by atoms with Crippen LogP contribution in [0.1, 0.15) is 50.4 Å². The van der Waals surface area contributed by atoms with Crippen molar-refractivity contribution in [1.82, 2.24) is 14.3 Å². The number of unbranched alkanes of at least 4 members (excludes halogenated alkanes) is 1. The molecule has 0 unspecified atom stereocenters. The van der Waals surface area contributed by atoms with E-state index in [-0.39, 0.29) is 23.5 Å². The number of carbonyl (C=O) groups excluding carboxylic acids is 2. The molecule has 0 spiro atoms. The van der Waals surface area contributed by atoms with E-state index in [1.165, 1.54) is 23.7 Å². The highest BCUT2D eigenvalue weighted by atomic mass is 32.1. The van der Waals surface area contributed by atoms with Gasteiger partial charge < -0.3 is 15.5 Å². The summed E-state index contributed by atoms with van der Waals surface area (Å²) in [5.41, 5.74) is 6.34. The molecule has 0 atom stereocenters. The van der Waals surface area contributed by atoms with Gasteiger partial charge in [-0.2, -0.15) is 4.37 Å². The number of amides is 2. The molecule has 2 aromatic rings. The minimum Gasteiger partial charge on any atom is -0.369 e. The number of benzene rings is 1. The number of likely N-dealkylation sites (tertiary alicyclic amines) is 1. The standard InChI is InChI=1S/C22H30FN5O2S/c1-2-3-11-28(14-10-20(29)27-12-8-17(9-13-27)21(24)30)22-25-19(26-31-22)15-16-4-6-18(23)7-5-16/h4-7,17H,2-3,8-15H2,1H3,(H2,24,30). The fourth-order valence-corrected chi connectivity index (χ4v) is 4.42. The zero-order chi connectivity index (χ0) is 22.2. The molecule has 2 amide bonds. The summed E-state index contributed by atoms with van der Waals surface area (Å²) in [6, 6.07) is 6.36. The minimum absolute atomic E-state index is 0.0977. The second-order valence-electron chi connectivity index (χ2n) is 7.94. The lowest BCUT2D eigenvalue weighted by Crippen LogP contribution is -2.42. The van der Waals surface area contributed by atoms with Crippen molar-refractivity contribution < 1.29 is 14.0 Å². The third-order valence-electron chi connectivity index (χ3n) is 5.63. The molecule has 1 aliphatic rings. The lowest BCUT2D eigenvalue weighted by molar-refractivity contribution is -0.134. The van der Waals surface area contributed by atoms with Gasteiger partial charge in [0.25, 0.3) is 0 Å². The molecular formula is C22H30FN5O2S. The molecular weight excluding hydrogens is 417 g/mol. The number of primary amides is 1. The van der Waals surface area contributed by atoms with Crippen LogP contribution < -0.4 is 10.6 Å². The van der Waals surface area contributed by atoms with Gasteiger partial charge in [-0.05, 0) is 37.0 Å². The van der Waals surface area contributed by atoms with Crippen LogP contribution in [0.15, 0.2) is 24.3 Å². The molecule has 168 valence electrons. The molecule has 0 saturated carbocycles. The largest absolute Gasteiger partial charge is 0.369 e. The molecule has 9 heteroatoms. The lowest BCUT2D eigenvalue weighted by atomic mass is 9.96. The zero-order valence-electron chi connectivity index (χ0n) is 17.9. The Bertz CT molecular complexity index is 865. The highest BCUT2D eigenvalue weighted by Gasteiger charge is 2.26. The number of nitrogens with zero attached hydrogens (tertiary/aromatic N) is 4. The van der Waals surface area contributed by atoms with Crippen LogP contribution >= 0.6 is 11.5 Å². The molecule has 3 rings (SSSR count). The van der Waals surface area contributed by atoms with Crippen LogP contribution in [-0.2, 0) is 16.0 Å². The SMILES string of the molecule is CCCCN(CCC(=O)N1CCC(C(N)=O)CC1)c1nc(Cc2ccc(F)cc2)ns1. The average Bonchev–Trinajstić information content (AvgIpc) is 3.23. The summed E-state index contributed by atoms with van der Waals surface area (Å²) in [4.78, 5) is 32.6. The Labute approximate surface area is 186 Å². The predicted molar refractivity (Wildman–Crippen MR) is 119 cm³/mol. The number of piperidine rings is 1. The highest BCUT2D eigenvalue weighted by Crippen LogP contribution is 2.21. The third-order valence-corrected chi connectivity index (χ3v) is 6.45. The highest BCUT2D eigenvalue weighted by molar-refractivity contribution is 7.09. The molecule has 1 aromatic carbocycles. The van der Waals surface area contributed by atoms with Crippen molar-refractivity contribution in [3.8, 4) is 0 Å². The molecule has 7 nitrogen and oxygen atoms in total. The summed E-state index contributed by atoms with van der Waals surface area (Å²) in [5.74, 6) is 0.148. The van der Waals surface area contributed by atoms with Crippen LogP contribution in [0.3, 0.4) is 0 Å². The van der Waals surface area contributed by atoms with Gasteiger partial charge in [0, 0.05) is 56.5 Å². The maximum Gasteiger partial charge on any atom is 0.224 e. The van der Waals surface area contributed by atoms with Crippen molar-refractivity contribution in [3.63, 3.8) is 0 Å². The van der Waals surface area contributed by atoms with Crippen molar-refractivity contribution in [2.24, 2.45) is 11.7 Å². The fourth-order valence-electron chi connectivity index (χ4n) is 3.68. The van der Waals surface area contributed by atoms with Gasteiger partial charge in [-0.3, -0.25) is 9.59 Å². The molecule has 1 fully saturated rings. The quantitative estimate of drug-likeness (QED) is 0.604. The molecule has 1 saturated heterocycles. The smallest absolute Gasteiger partial charge is 0.224 e. The summed E-state index contributed by atoms with van der Waals surface area (Å²) < 4.78 is 17.6. The van der Waals surface area contributed by atoms with Crippen molar-refractivity contribution in [1.29, 1.82) is 0 Å². The van der Waals surface area contributed by atoms with Crippen molar-refractivity contribution >= 4 is 28.5 Å². The lowest BCUT2D eigenvalue weighted by Gasteiger charge is -2.31. The summed E-state index contributed by atoms with van der Waals surface area (Å²) in [5, 5.41) is 0.811. The Morgan fingerprint density at radius 1 is 1.23 bits per heavy atom. The molecule has 2 heterocycles. The van der Waals surface area contributed by atoms with E-state index >= 15 is 0 Å². The van der Waals surface area contributed by atoms with E-state index in [9.17, 15) is 14.0 Å². The van der Waals surface area contributed by atoms with Crippen LogP contribution in [0, 0.1) is 11.7 Å². The van der Waals surface area contributed by atoms with Crippen molar-refractivity contribution in [2.45, 2.75) is 45.4 Å². The number of anilines is 1. The van der Waals surface area contributed by atoms with Crippen molar-refractivity contribution in [3.05, 3.63) is 41.5 Å². The Morgan fingerprint density at radius 3 is 2.58 bits per heavy atom. The first-order chi connectivity index (χ1) is 15.0. The van der Waals surface area contributed by atoms with Crippen LogP contribution in [0.25, 0.3) is 0 Å². The number of nitrogens with two attached hydrogens (primary N) is 1. The summed E-state index contributed by atoms with van der Waals surface area (Å²) in [7, 11) is 0. The predicted octanol–water partition coefficient (Wildman–Crippen LogP) is 2.99. The molecule has 2 N–H and O–H groups in total. The van der Waals surface area contributed by atoms with E-state index in [1.54, 1.807) is 12.1 Å². The van der Waals surface area contributed by atoms with Crippen LogP contribution in [0.5, 0.6) is 0 Å². The van der Waals surface area contributed by atoms with Gasteiger partial charge in [0.15, 0.2) is 0 Å². The molecule has 0 bridgehead atoms. The van der Waals surface area contributed by atoms with Crippen molar-refractivity contribution in [2.75, 3.05) is 31.1 Å². The maximum atomic E-state index is 13.1. The van der Waals surface area contributed by atoms with Gasteiger partial charge >= 0.3 is 0 Å². The van der Waals surface area contributed by atoms with E-state index < -0.39 is 0 Å². The van der Waals surface area contributed by atoms with E-state index in [0.717, 1.165) is 30.1 Å². The van der Waals surface area contributed by atoms with Gasteiger partial charge in [0.2, 0.25) is 16.9 Å². The average molecular weight is 448 g/mol. The normalized spacial score (nSPS) is 14.6. The Kier molecular flexibility index (Phi) is 8.34. The number of carbonyl (C=O) groups is 2.